The number of anilines is 3. The molecule has 3 aliphatic carbocycles. The second-order valence-corrected chi connectivity index (χ2v) is 17.4. The largest absolute Gasteiger partial charge is 0.311 e. The minimum atomic E-state index is 1.00. The van der Waals surface area contributed by atoms with Crippen LogP contribution in [0.1, 0.15) is 66.8 Å². The fourth-order valence-electron chi connectivity index (χ4n) is 10.0. The van der Waals surface area contributed by atoms with E-state index in [1.807, 2.05) is 0 Å². The SMILES string of the molecule is C(=C\c1ccc2c(c1)Cc1ccccc1-2)/c1ccc(N(c2ccc(/C=C/c3ccc4c(c3)Cc3ccccc3-4)cc2)c2ccc(/C=C/c3ccc4c(c3)Cc3ccccc3-4)cc2)cc1. The lowest BCUT2D eigenvalue weighted by Crippen LogP contribution is -2.09. The third-order valence-corrected chi connectivity index (χ3v) is 13.3. The highest BCUT2D eigenvalue weighted by atomic mass is 15.1. The Bertz CT molecular complexity index is 2970. The first-order chi connectivity index (χ1) is 31.6. The zero-order valence-electron chi connectivity index (χ0n) is 35.6. The Morgan fingerprint density at radius 1 is 0.234 bits per heavy atom. The molecule has 0 saturated carbocycles. The minimum Gasteiger partial charge on any atom is -0.311 e. The third-order valence-electron chi connectivity index (χ3n) is 13.3. The molecule has 0 heterocycles. The molecule has 0 spiro atoms. The minimum absolute atomic E-state index is 1.00. The predicted molar refractivity (Wildman–Crippen MR) is 272 cm³/mol. The van der Waals surface area contributed by atoms with E-state index < -0.39 is 0 Å². The fourth-order valence-corrected chi connectivity index (χ4v) is 10.0. The lowest BCUT2D eigenvalue weighted by molar-refractivity contribution is 1.26. The van der Waals surface area contributed by atoms with E-state index in [2.05, 4.69) is 242 Å². The van der Waals surface area contributed by atoms with Gasteiger partial charge in [-0.3, -0.25) is 0 Å². The van der Waals surface area contributed by atoms with Crippen LogP contribution in [0.25, 0.3) is 69.8 Å². The smallest absolute Gasteiger partial charge is 0.0462 e. The Labute approximate surface area is 376 Å². The Hall–Kier alpha value is -8.00. The predicted octanol–water partition coefficient (Wildman–Crippen LogP) is 16.4. The second kappa shape index (κ2) is 16.0. The van der Waals surface area contributed by atoms with Gasteiger partial charge < -0.3 is 4.90 Å². The van der Waals surface area contributed by atoms with Crippen molar-refractivity contribution in [3.8, 4) is 33.4 Å². The Morgan fingerprint density at radius 3 is 0.797 bits per heavy atom. The van der Waals surface area contributed by atoms with Crippen LogP contribution in [0.2, 0.25) is 0 Å². The van der Waals surface area contributed by atoms with Crippen LogP contribution in [0.4, 0.5) is 17.1 Å². The molecule has 0 fully saturated rings. The molecule has 9 aromatic carbocycles. The maximum absolute atomic E-state index is 2.35. The Kier molecular flexibility index (Phi) is 9.46. The number of hydrogen-bond donors (Lipinski definition) is 0. The molecule has 0 radical (unpaired) electrons. The monoisotopic (exact) mass is 815 g/mol. The van der Waals surface area contributed by atoms with E-state index in [1.54, 1.807) is 0 Å². The van der Waals surface area contributed by atoms with Crippen molar-refractivity contribution in [2.45, 2.75) is 19.3 Å². The molecule has 0 amide bonds. The topological polar surface area (TPSA) is 3.24 Å². The Morgan fingerprint density at radius 2 is 0.484 bits per heavy atom. The lowest BCUT2D eigenvalue weighted by atomic mass is 10.0. The van der Waals surface area contributed by atoms with Crippen molar-refractivity contribution >= 4 is 53.5 Å². The summed E-state index contributed by atoms with van der Waals surface area (Å²) in [5.74, 6) is 0. The van der Waals surface area contributed by atoms with Crippen molar-refractivity contribution in [1.29, 1.82) is 0 Å². The number of benzene rings is 9. The zero-order chi connectivity index (χ0) is 42.4. The molecule has 0 atom stereocenters. The molecular weight excluding hydrogens is 771 g/mol. The lowest BCUT2D eigenvalue weighted by Gasteiger charge is -2.26. The standard InChI is InChI=1S/C63H45N/c1-4-10-58-49(7-1)40-52-37-46(25-34-61(52)58)16-13-43-19-28-55(29-20-43)64(56-30-21-44(22-31-56)14-17-47-26-35-62-53(38-47)41-50-8-2-5-11-59(50)62)57-32-23-45(24-33-57)15-18-48-27-36-63-54(39-48)42-51-9-3-6-12-60(51)63/h1-39H,40-42H2/b16-13+,17-14+,18-15+. The number of rotatable bonds is 9. The first kappa shape index (κ1) is 37.7. The molecule has 0 aliphatic heterocycles. The van der Waals surface area contributed by atoms with Gasteiger partial charge in [-0.1, -0.05) is 200 Å². The van der Waals surface area contributed by atoms with Gasteiger partial charge in [0.2, 0.25) is 0 Å². The van der Waals surface area contributed by atoms with Crippen molar-refractivity contribution in [3.05, 3.63) is 267 Å². The zero-order valence-corrected chi connectivity index (χ0v) is 35.6. The molecule has 0 N–H and O–H groups in total. The highest BCUT2D eigenvalue weighted by Crippen LogP contribution is 2.40. The molecule has 1 heteroatoms. The van der Waals surface area contributed by atoms with E-state index >= 15 is 0 Å². The summed E-state index contributed by atoms with van der Waals surface area (Å²) in [6.07, 6.45) is 16.4. The van der Waals surface area contributed by atoms with E-state index in [1.165, 1.54) is 100 Å². The third kappa shape index (κ3) is 7.21. The summed E-state index contributed by atoms with van der Waals surface area (Å²) < 4.78 is 0. The maximum atomic E-state index is 2.35. The molecule has 64 heavy (non-hydrogen) atoms. The van der Waals surface area contributed by atoms with E-state index in [-0.39, 0.29) is 0 Å². The van der Waals surface area contributed by atoms with Gasteiger partial charge in [-0.2, -0.15) is 0 Å². The Balaban J connectivity index is 0.800. The summed E-state index contributed by atoms with van der Waals surface area (Å²) in [7, 11) is 0. The molecule has 0 bridgehead atoms. The highest BCUT2D eigenvalue weighted by Gasteiger charge is 2.20. The molecule has 1 nitrogen and oxygen atoms in total. The van der Waals surface area contributed by atoms with Crippen molar-refractivity contribution < 1.29 is 0 Å². The summed E-state index contributed by atoms with van der Waals surface area (Å²) in [6, 6.07) is 73.6. The van der Waals surface area contributed by atoms with Gasteiger partial charge in [0.25, 0.3) is 0 Å². The van der Waals surface area contributed by atoms with E-state index in [0.29, 0.717) is 0 Å². The van der Waals surface area contributed by atoms with Crippen molar-refractivity contribution in [2.75, 3.05) is 4.90 Å². The van der Waals surface area contributed by atoms with Crippen molar-refractivity contribution in [1.82, 2.24) is 0 Å². The molecule has 9 aromatic rings. The van der Waals surface area contributed by atoms with E-state index in [9.17, 15) is 0 Å². The summed E-state index contributed by atoms with van der Waals surface area (Å²) in [5, 5.41) is 0. The highest BCUT2D eigenvalue weighted by molar-refractivity contribution is 5.84. The second-order valence-electron chi connectivity index (χ2n) is 17.4. The molecule has 12 rings (SSSR count). The number of fused-ring (bicyclic) bond motifs is 9. The van der Waals surface area contributed by atoms with Gasteiger partial charge in [0.05, 0.1) is 0 Å². The van der Waals surface area contributed by atoms with Crippen LogP contribution in [-0.4, -0.2) is 0 Å². The van der Waals surface area contributed by atoms with Gasteiger partial charge >= 0.3 is 0 Å². The molecule has 302 valence electrons. The molecular formula is C63H45N. The summed E-state index contributed by atoms with van der Waals surface area (Å²) in [4.78, 5) is 2.35. The van der Waals surface area contributed by atoms with Crippen LogP contribution < -0.4 is 4.90 Å². The summed E-state index contributed by atoms with van der Waals surface area (Å²) >= 11 is 0. The van der Waals surface area contributed by atoms with E-state index in [4.69, 9.17) is 0 Å². The van der Waals surface area contributed by atoms with Gasteiger partial charge in [0.15, 0.2) is 0 Å². The van der Waals surface area contributed by atoms with E-state index in [0.717, 1.165) is 36.3 Å². The molecule has 0 saturated heterocycles. The van der Waals surface area contributed by atoms with Gasteiger partial charge in [-0.05, 0) is 156 Å². The normalized spacial score (nSPS) is 12.9. The average Bonchev–Trinajstić information content (AvgIpc) is 4.04. The van der Waals surface area contributed by atoms with Crippen LogP contribution in [0.3, 0.4) is 0 Å². The fraction of sp³-hybridized carbons (Fsp3) is 0.0476. The number of hydrogen-bond acceptors (Lipinski definition) is 1. The first-order valence-electron chi connectivity index (χ1n) is 22.4. The summed E-state index contributed by atoms with van der Waals surface area (Å²) in [5.41, 5.74) is 27.2. The van der Waals surface area contributed by atoms with Gasteiger partial charge in [0, 0.05) is 17.1 Å². The quantitative estimate of drug-likeness (QED) is 0.131. The molecule has 3 aliphatic rings. The van der Waals surface area contributed by atoms with Gasteiger partial charge in [-0.25, -0.2) is 0 Å². The van der Waals surface area contributed by atoms with Crippen LogP contribution in [0.5, 0.6) is 0 Å². The van der Waals surface area contributed by atoms with Crippen LogP contribution in [0, 0.1) is 0 Å². The average molecular weight is 816 g/mol. The van der Waals surface area contributed by atoms with Crippen LogP contribution in [0.15, 0.2) is 200 Å². The molecule has 0 aromatic heterocycles. The van der Waals surface area contributed by atoms with Crippen LogP contribution in [-0.2, 0) is 19.3 Å². The van der Waals surface area contributed by atoms with Crippen molar-refractivity contribution in [3.63, 3.8) is 0 Å². The number of nitrogens with zero attached hydrogens (tertiary/aromatic N) is 1. The van der Waals surface area contributed by atoms with Gasteiger partial charge in [-0.15, -0.1) is 0 Å². The van der Waals surface area contributed by atoms with Crippen LogP contribution >= 0.6 is 0 Å². The maximum Gasteiger partial charge on any atom is 0.0462 e. The van der Waals surface area contributed by atoms with Gasteiger partial charge in [0.1, 0.15) is 0 Å². The molecule has 0 unspecified atom stereocenters. The first-order valence-corrected chi connectivity index (χ1v) is 22.4. The summed E-state index contributed by atoms with van der Waals surface area (Å²) in [6.45, 7) is 0. The van der Waals surface area contributed by atoms with Crippen molar-refractivity contribution in [2.24, 2.45) is 0 Å².